The molecule has 10 aromatic carbocycles. The Morgan fingerprint density at radius 2 is 0.788 bits per heavy atom. The van der Waals surface area contributed by atoms with Crippen LogP contribution in [0.2, 0.25) is 0 Å². The number of para-hydroxylation sites is 3. The van der Waals surface area contributed by atoms with E-state index in [1.54, 1.807) is 0 Å². The Morgan fingerprint density at radius 1 is 0.288 bits per heavy atom. The van der Waals surface area contributed by atoms with Crippen molar-refractivity contribution in [2.45, 2.75) is 0 Å². The van der Waals surface area contributed by atoms with Gasteiger partial charge in [0.05, 0.1) is 16.7 Å². The summed E-state index contributed by atoms with van der Waals surface area (Å²) in [7, 11) is 0. The fourth-order valence-electron chi connectivity index (χ4n) is 10.5. The van der Waals surface area contributed by atoms with Crippen LogP contribution in [0.3, 0.4) is 0 Å². The number of fused-ring (bicyclic) bond motifs is 15. The summed E-state index contributed by atoms with van der Waals surface area (Å²) in [5.74, 6) is 1.57. The summed E-state index contributed by atoms with van der Waals surface area (Å²) in [6, 6.07) is 67.4. The van der Waals surface area contributed by atoms with E-state index < -0.39 is 0 Å². The van der Waals surface area contributed by atoms with E-state index in [0.29, 0.717) is 17.5 Å². The van der Waals surface area contributed by atoms with Crippen molar-refractivity contribution in [1.82, 2.24) is 19.5 Å². The highest BCUT2D eigenvalue weighted by Gasteiger charge is 2.25. The molecule has 7 nitrogen and oxygen atoms in total. The molecule has 5 aromatic heterocycles. The highest BCUT2D eigenvalue weighted by molar-refractivity contribution is 6.24. The molecule has 0 unspecified atom stereocenters. The minimum atomic E-state index is 0.517. The zero-order chi connectivity index (χ0) is 43.0. The van der Waals surface area contributed by atoms with Crippen LogP contribution in [0.1, 0.15) is 0 Å². The van der Waals surface area contributed by atoms with Crippen LogP contribution in [0.25, 0.3) is 149 Å². The molecule has 0 bridgehead atoms. The van der Waals surface area contributed by atoms with Gasteiger partial charge in [0, 0.05) is 65.8 Å². The number of hydrogen-bond acceptors (Lipinski definition) is 6. The molecule has 0 saturated heterocycles. The predicted molar refractivity (Wildman–Crippen MR) is 267 cm³/mol. The quantitative estimate of drug-likeness (QED) is 0.175. The third kappa shape index (κ3) is 4.99. The van der Waals surface area contributed by atoms with Crippen LogP contribution in [0.4, 0.5) is 0 Å². The van der Waals surface area contributed by atoms with Crippen molar-refractivity contribution in [3.8, 4) is 39.9 Å². The number of benzene rings is 10. The van der Waals surface area contributed by atoms with Crippen molar-refractivity contribution < 1.29 is 13.3 Å². The molecule has 0 amide bonds. The maximum absolute atomic E-state index is 6.71. The summed E-state index contributed by atoms with van der Waals surface area (Å²) in [5, 5.41) is 12.9. The van der Waals surface area contributed by atoms with Gasteiger partial charge in [-0.2, -0.15) is 0 Å². The molecule has 0 fully saturated rings. The van der Waals surface area contributed by atoms with Crippen molar-refractivity contribution in [2.75, 3.05) is 0 Å². The van der Waals surface area contributed by atoms with Crippen molar-refractivity contribution in [1.29, 1.82) is 0 Å². The topological polar surface area (TPSA) is 83.0 Å². The summed E-state index contributed by atoms with van der Waals surface area (Å²) in [6.07, 6.45) is 0. The number of hydrogen-bond donors (Lipinski definition) is 0. The lowest BCUT2D eigenvalue weighted by Crippen LogP contribution is -2.04. The first-order valence-electron chi connectivity index (χ1n) is 22.1. The van der Waals surface area contributed by atoms with Gasteiger partial charge < -0.3 is 17.8 Å². The smallest absolute Gasteiger partial charge is 0.166 e. The number of aromatic nitrogens is 4. The van der Waals surface area contributed by atoms with E-state index in [9.17, 15) is 0 Å². The maximum Gasteiger partial charge on any atom is 0.166 e. The van der Waals surface area contributed by atoms with Crippen molar-refractivity contribution in [3.63, 3.8) is 0 Å². The predicted octanol–water partition coefficient (Wildman–Crippen LogP) is 16.0. The summed E-state index contributed by atoms with van der Waals surface area (Å²) in [6.45, 7) is 0. The Morgan fingerprint density at radius 3 is 1.44 bits per heavy atom. The minimum Gasteiger partial charge on any atom is -0.456 e. The molecule has 0 atom stereocenters. The lowest BCUT2D eigenvalue weighted by Gasteiger charge is -2.16. The average Bonchev–Trinajstić information content (AvgIpc) is 4.13. The molecule has 0 N–H and O–H groups in total. The molecule has 0 aliphatic carbocycles. The van der Waals surface area contributed by atoms with E-state index in [2.05, 4.69) is 126 Å². The van der Waals surface area contributed by atoms with E-state index in [1.807, 2.05) is 72.8 Å². The lowest BCUT2D eigenvalue weighted by atomic mass is 10.0. The monoisotopic (exact) mass is 844 g/mol. The molecular formula is C59H32N4O3. The van der Waals surface area contributed by atoms with Gasteiger partial charge in [0.25, 0.3) is 0 Å². The molecular weight excluding hydrogens is 813 g/mol. The second-order valence-corrected chi connectivity index (χ2v) is 17.1. The molecule has 15 aromatic rings. The van der Waals surface area contributed by atoms with Gasteiger partial charge in [-0.05, 0) is 76.1 Å². The fourth-order valence-corrected chi connectivity index (χ4v) is 10.5. The molecule has 0 aliphatic rings. The molecule has 306 valence electrons. The Balaban J connectivity index is 1.11. The zero-order valence-electron chi connectivity index (χ0n) is 35.0. The summed E-state index contributed by atoms with van der Waals surface area (Å²) < 4.78 is 22.0. The summed E-state index contributed by atoms with van der Waals surface area (Å²) >= 11 is 0. The second kappa shape index (κ2) is 13.2. The summed E-state index contributed by atoms with van der Waals surface area (Å²) in [5.41, 5.74) is 10.2. The Labute approximate surface area is 374 Å². The third-order valence-electron chi connectivity index (χ3n) is 13.4. The molecule has 15 rings (SSSR count). The first-order valence-corrected chi connectivity index (χ1v) is 22.1. The van der Waals surface area contributed by atoms with Crippen molar-refractivity contribution in [3.05, 3.63) is 194 Å². The number of rotatable bonds is 4. The Bertz CT molecular complexity index is 4420. The SMILES string of the molecule is c1ccc2cc3c(cc2c1)c1c2ccccc2ccc1n3-c1cc2oc3ccccc3c2cc1-c1nc(-c2cccc3oc4ccccc4c23)nc(-c2cccc3oc4ccccc4c23)n1. The van der Waals surface area contributed by atoms with Crippen LogP contribution in [-0.4, -0.2) is 19.5 Å². The van der Waals surface area contributed by atoms with Gasteiger partial charge in [0.1, 0.15) is 33.5 Å². The highest BCUT2D eigenvalue weighted by Crippen LogP contribution is 2.45. The highest BCUT2D eigenvalue weighted by atomic mass is 16.3. The van der Waals surface area contributed by atoms with E-state index in [-0.39, 0.29) is 0 Å². The lowest BCUT2D eigenvalue weighted by molar-refractivity contribution is 0.668. The van der Waals surface area contributed by atoms with Gasteiger partial charge in [-0.1, -0.05) is 133 Å². The number of furan rings is 3. The van der Waals surface area contributed by atoms with E-state index in [4.69, 9.17) is 28.2 Å². The van der Waals surface area contributed by atoms with Crippen LogP contribution >= 0.6 is 0 Å². The van der Waals surface area contributed by atoms with Crippen LogP contribution in [0, 0.1) is 0 Å². The first-order chi connectivity index (χ1) is 32.7. The zero-order valence-corrected chi connectivity index (χ0v) is 35.0. The molecule has 0 radical (unpaired) electrons. The fraction of sp³-hybridized carbons (Fsp3) is 0. The Kier molecular flexibility index (Phi) is 7.10. The molecule has 0 aliphatic heterocycles. The normalized spacial score (nSPS) is 12.2. The number of nitrogens with zero attached hydrogens (tertiary/aromatic N) is 4. The third-order valence-corrected chi connectivity index (χ3v) is 13.4. The Hall–Kier alpha value is -9.07. The average molecular weight is 845 g/mol. The molecule has 0 spiro atoms. The van der Waals surface area contributed by atoms with Crippen molar-refractivity contribution >= 4 is 109 Å². The first kappa shape index (κ1) is 35.4. The van der Waals surface area contributed by atoms with Crippen LogP contribution in [0.5, 0.6) is 0 Å². The summed E-state index contributed by atoms with van der Waals surface area (Å²) in [4.78, 5) is 16.5. The molecule has 7 heteroatoms. The van der Waals surface area contributed by atoms with Gasteiger partial charge in [-0.15, -0.1) is 0 Å². The van der Waals surface area contributed by atoms with Crippen molar-refractivity contribution in [2.24, 2.45) is 0 Å². The molecule has 0 saturated carbocycles. The standard InChI is InChI=1S/C59H32N4O3/c1-2-15-35-30-46-43(29-34(35)14-1)54-36-16-4-3-13-33(36)27-28-45(54)63(46)47-32-53-42(37-17-5-8-22-48(37)66-53)31-44(47)59-61-57(40-20-11-25-51-55(40)38-18-6-9-23-49(38)64-51)60-58(62-59)41-21-12-26-52-56(41)39-19-7-10-24-50(39)65-52/h1-32H. The van der Waals surface area contributed by atoms with Gasteiger partial charge in [-0.3, -0.25) is 0 Å². The van der Waals surface area contributed by atoms with Gasteiger partial charge >= 0.3 is 0 Å². The van der Waals surface area contributed by atoms with E-state index in [1.165, 1.54) is 21.5 Å². The minimum absolute atomic E-state index is 0.517. The van der Waals surface area contributed by atoms with Gasteiger partial charge in [0.15, 0.2) is 17.5 Å². The second-order valence-electron chi connectivity index (χ2n) is 17.1. The van der Waals surface area contributed by atoms with Crippen LogP contribution < -0.4 is 0 Å². The van der Waals surface area contributed by atoms with Crippen LogP contribution in [-0.2, 0) is 0 Å². The van der Waals surface area contributed by atoms with Crippen LogP contribution in [0.15, 0.2) is 207 Å². The van der Waals surface area contributed by atoms with Gasteiger partial charge in [-0.25, -0.2) is 15.0 Å². The molecule has 5 heterocycles. The maximum atomic E-state index is 6.71. The van der Waals surface area contributed by atoms with E-state index >= 15 is 0 Å². The van der Waals surface area contributed by atoms with E-state index in [0.717, 1.165) is 110 Å². The largest absolute Gasteiger partial charge is 0.456 e. The van der Waals surface area contributed by atoms with Gasteiger partial charge in [0.2, 0.25) is 0 Å². The molecule has 66 heavy (non-hydrogen) atoms.